The van der Waals surface area contributed by atoms with Crippen molar-refractivity contribution in [1.82, 2.24) is 10.2 Å². The molecule has 2 aliphatic heterocycles. The van der Waals surface area contributed by atoms with Gasteiger partial charge in [-0.2, -0.15) is 0 Å². The van der Waals surface area contributed by atoms with Crippen LogP contribution >= 0.6 is 0 Å². The summed E-state index contributed by atoms with van der Waals surface area (Å²) in [4.78, 5) is 24.2. The Kier molecular flexibility index (Phi) is 5.04. The molecule has 0 spiro atoms. The number of aliphatic carboxylic acids is 1. The second-order valence-corrected chi connectivity index (χ2v) is 7.64. The third kappa shape index (κ3) is 4.57. The van der Waals surface area contributed by atoms with Gasteiger partial charge in [0, 0.05) is 19.6 Å². The fourth-order valence-electron chi connectivity index (χ4n) is 2.49. The highest BCUT2D eigenvalue weighted by atomic mass is 32.2. The molecule has 2 atom stereocenters. The smallest absolute Gasteiger partial charge is 0.332 e. The van der Waals surface area contributed by atoms with Gasteiger partial charge >= 0.3 is 12.0 Å². The van der Waals surface area contributed by atoms with Gasteiger partial charge in [0.15, 0.2) is 15.9 Å². The van der Waals surface area contributed by atoms with Crippen molar-refractivity contribution >= 4 is 21.8 Å². The molecular formula is C12H20N2O6S. The molecule has 120 valence electrons. The minimum atomic E-state index is -3.04. The Morgan fingerprint density at radius 3 is 2.67 bits per heavy atom. The third-order valence-corrected chi connectivity index (χ3v) is 5.42. The van der Waals surface area contributed by atoms with Crippen molar-refractivity contribution in [3.63, 3.8) is 0 Å². The lowest BCUT2D eigenvalue weighted by Crippen LogP contribution is -2.44. The van der Waals surface area contributed by atoms with Crippen molar-refractivity contribution in [2.45, 2.75) is 31.5 Å². The first-order valence-corrected chi connectivity index (χ1v) is 8.81. The highest BCUT2D eigenvalue weighted by Crippen LogP contribution is 2.19. The summed E-state index contributed by atoms with van der Waals surface area (Å²) in [6, 6.07) is -0.325. The zero-order chi connectivity index (χ0) is 15.5. The molecular weight excluding hydrogens is 300 g/mol. The van der Waals surface area contributed by atoms with Gasteiger partial charge in [0.05, 0.1) is 17.6 Å². The van der Waals surface area contributed by atoms with Crippen LogP contribution in [0.2, 0.25) is 0 Å². The molecule has 0 radical (unpaired) electrons. The predicted octanol–water partition coefficient (Wildman–Crippen LogP) is -0.551. The van der Waals surface area contributed by atoms with E-state index in [1.807, 2.05) is 0 Å². The topological polar surface area (TPSA) is 113 Å². The average Bonchev–Trinajstić information content (AvgIpc) is 2.81. The second-order valence-electron chi connectivity index (χ2n) is 5.34. The number of amides is 2. The first-order chi connectivity index (χ1) is 9.87. The predicted molar refractivity (Wildman–Crippen MR) is 73.8 cm³/mol. The number of sulfone groups is 1. The molecule has 2 unspecified atom stereocenters. The van der Waals surface area contributed by atoms with Gasteiger partial charge in [0.25, 0.3) is 0 Å². The molecule has 21 heavy (non-hydrogen) atoms. The number of hydrogen-bond acceptors (Lipinski definition) is 5. The summed E-state index contributed by atoms with van der Waals surface area (Å²) in [6.45, 7) is 0.845. The normalized spacial score (nSPS) is 28.9. The number of urea groups is 1. The molecule has 2 amide bonds. The second kappa shape index (κ2) is 6.61. The van der Waals surface area contributed by atoms with E-state index in [0.29, 0.717) is 25.8 Å². The summed E-state index contributed by atoms with van der Waals surface area (Å²) >= 11 is 0. The van der Waals surface area contributed by atoms with E-state index in [0.717, 1.165) is 0 Å². The fraction of sp³-hybridized carbons (Fsp3) is 0.833. The zero-order valence-corrected chi connectivity index (χ0v) is 12.5. The first kappa shape index (κ1) is 16.0. The molecule has 8 nitrogen and oxygen atoms in total. The molecule has 2 heterocycles. The van der Waals surface area contributed by atoms with Crippen LogP contribution in [-0.4, -0.2) is 73.8 Å². The molecule has 0 aromatic carbocycles. The van der Waals surface area contributed by atoms with E-state index in [4.69, 9.17) is 9.84 Å². The van der Waals surface area contributed by atoms with Gasteiger partial charge in [0.1, 0.15) is 0 Å². The number of carboxylic acids is 1. The molecule has 2 N–H and O–H groups in total. The Balaban J connectivity index is 1.76. The van der Waals surface area contributed by atoms with Gasteiger partial charge in [0.2, 0.25) is 0 Å². The molecule has 0 aromatic heterocycles. The van der Waals surface area contributed by atoms with Gasteiger partial charge in [-0.25, -0.2) is 18.0 Å². The van der Waals surface area contributed by atoms with Crippen molar-refractivity contribution in [2.24, 2.45) is 0 Å². The van der Waals surface area contributed by atoms with E-state index in [1.165, 1.54) is 4.90 Å². The van der Waals surface area contributed by atoms with E-state index in [-0.39, 0.29) is 36.7 Å². The van der Waals surface area contributed by atoms with E-state index in [2.05, 4.69) is 5.32 Å². The molecule has 0 aromatic rings. The van der Waals surface area contributed by atoms with Gasteiger partial charge < -0.3 is 20.1 Å². The van der Waals surface area contributed by atoms with Crippen LogP contribution in [0, 0.1) is 0 Å². The molecule has 9 heteroatoms. The standard InChI is InChI=1S/C12H20N2O6S/c15-11(16)10-3-2-9(20-10)8-13-12(17)14-4-1-6-21(18,19)7-5-14/h9-10H,1-8H2,(H,13,17)(H,15,16). The number of carboxylic acid groups (broad SMARTS) is 1. The lowest BCUT2D eigenvalue weighted by molar-refractivity contribution is -0.149. The summed E-state index contributed by atoms with van der Waals surface area (Å²) in [5.41, 5.74) is 0. The Morgan fingerprint density at radius 1 is 1.24 bits per heavy atom. The van der Waals surface area contributed by atoms with Gasteiger partial charge in [-0.05, 0) is 19.3 Å². The first-order valence-electron chi connectivity index (χ1n) is 6.99. The Bertz CT molecular complexity index is 506. The van der Waals surface area contributed by atoms with Crippen molar-refractivity contribution in [2.75, 3.05) is 31.1 Å². The van der Waals surface area contributed by atoms with E-state index in [9.17, 15) is 18.0 Å². The Hall–Kier alpha value is -1.35. The summed E-state index contributed by atoms with van der Waals surface area (Å²) < 4.78 is 28.2. The summed E-state index contributed by atoms with van der Waals surface area (Å²) in [5, 5.41) is 11.5. The number of nitrogens with one attached hydrogen (secondary N) is 1. The summed E-state index contributed by atoms with van der Waals surface area (Å²) in [6.07, 6.45) is 0.376. The van der Waals surface area contributed by atoms with Crippen LogP contribution in [0.4, 0.5) is 4.79 Å². The Morgan fingerprint density at radius 2 is 2.00 bits per heavy atom. The zero-order valence-electron chi connectivity index (χ0n) is 11.7. The maximum atomic E-state index is 12.0. The van der Waals surface area contributed by atoms with Gasteiger partial charge in [-0.3, -0.25) is 0 Å². The van der Waals surface area contributed by atoms with Crippen molar-refractivity contribution in [1.29, 1.82) is 0 Å². The largest absolute Gasteiger partial charge is 0.479 e. The number of rotatable bonds is 3. The monoisotopic (exact) mass is 320 g/mol. The van der Waals surface area contributed by atoms with Crippen LogP contribution < -0.4 is 5.32 Å². The minimum Gasteiger partial charge on any atom is -0.479 e. The quantitative estimate of drug-likeness (QED) is 0.721. The van der Waals surface area contributed by atoms with Gasteiger partial charge in [-0.15, -0.1) is 0 Å². The molecule has 0 saturated carbocycles. The lowest BCUT2D eigenvalue weighted by atomic mass is 10.2. The number of ether oxygens (including phenoxy) is 1. The number of carbonyl (C=O) groups is 2. The van der Waals surface area contributed by atoms with Crippen molar-refractivity contribution in [3.05, 3.63) is 0 Å². The third-order valence-electron chi connectivity index (χ3n) is 3.71. The summed E-state index contributed by atoms with van der Waals surface area (Å²) in [7, 11) is -3.04. The minimum absolute atomic E-state index is 0.0125. The SMILES string of the molecule is O=C(O)C1CCC(CNC(=O)N2CCCS(=O)(=O)CC2)O1. The number of nitrogens with zero attached hydrogens (tertiary/aromatic N) is 1. The van der Waals surface area contributed by atoms with Crippen LogP contribution in [-0.2, 0) is 19.4 Å². The molecule has 2 rings (SSSR count). The van der Waals surface area contributed by atoms with Crippen LogP contribution in [0.15, 0.2) is 0 Å². The average molecular weight is 320 g/mol. The van der Waals surface area contributed by atoms with Crippen LogP contribution in [0.1, 0.15) is 19.3 Å². The van der Waals surface area contributed by atoms with Crippen LogP contribution in [0.5, 0.6) is 0 Å². The maximum absolute atomic E-state index is 12.0. The molecule has 0 bridgehead atoms. The number of hydrogen-bond donors (Lipinski definition) is 2. The van der Waals surface area contributed by atoms with E-state index < -0.39 is 21.9 Å². The van der Waals surface area contributed by atoms with Crippen LogP contribution in [0.25, 0.3) is 0 Å². The number of carbonyl (C=O) groups excluding carboxylic acids is 1. The molecule has 2 saturated heterocycles. The highest BCUT2D eigenvalue weighted by molar-refractivity contribution is 7.91. The van der Waals surface area contributed by atoms with E-state index >= 15 is 0 Å². The van der Waals surface area contributed by atoms with Crippen molar-refractivity contribution in [3.8, 4) is 0 Å². The molecule has 2 aliphatic rings. The van der Waals surface area contributed by atoms with E-state index in [1.54, 1.807) is 0 Å². The maximum Gasteiger partial charge on any atom is 0.332 e. The Labute approximate surface area is 123 Å². The lowest BCUT2D eigenvalue weighted by Gasteiger charge is -2.21. The van der Waals surface area contributed by atoms with Gasteiger partial charge in [-0.1, -0.05) is 0 Å². The highest BCUT2D eigenvalue weighted by Gasteiger charge is 2.31. The van der Waals surface area contributed by atoms with Crippen LogP contribution in [0.3, 0.4) is 0 Å². The fourth-order valence-corrected chi connectivity index (χ4v) is 3.76. The molecule has 2 fully saturated rings. The summed E-state index contributed by atoms with van der Waals surface area (Å²) in [5.74, 6) is -0.883. The molecule has 0 aliphatic carbocycles. The van der Waals surface area contributed by atoms with Crippen molar-refractivity contribution < 1.29 is 27.9 Å².